The lowest BCUT2D eigenvalue weighted by atomic mass is 9.95. The van der Waals surface area contributed by atoms with E-state index in [1.165, 1.54) is 0 Å². The highest BCUT2D eigenvalue weighted by molar-refractivity contribution is 6.05. The molecule has 2 heterocycles. The van der Waals surface area contributed by atoms with Crippen molar-refractivity contribution in [1.29, 1.82) is 0 Å². The maximum Gasteiger partial charge on any atom is 0.226 e. The lowest BCUT2D eigenvalue weighted by molar-refractivity contribution is -0.116. The second kappa shape index (κ2) is 6.20. The van der Waals surface area contributed by atoms with Crippen LogP contribution in [-0.2, 0) is 11.2 Å². The Morgan fingerprint density at radius 1 is 1.12 bits per heavy atom. The van der Waals surface area contributed by atoms with Crippen molar-refractivity contribution in [2.24, 2.45) is 0 Å². The molecule has 0 unspecified atom stereocenters. The predicted molar refractivity (Wildman–Crippen MR) is 103 cm³/mol. The smallest absolute Gasteiger partial charge is 0.226 e. The summed E-state index contributed by atoms with van der Waals surface area (Å²) in [6, 6.07) is 12.6. The third-order valence-corrected chi connectivity index (χ3v) is 4.79. The monoisotopic (exact) mass is 331 g/mol. The topological polar surface area (TPSA) is 54.0 Å². The fourth-order valence-corrected chi connectivity index (χ4v) is 3.57. The summed E-state index contributed by atoms with van der Waals surface area (Å²) >= 11 is 0. The molecule has 0 bridgehead atoms. The highest BCUT2D eigenvalue weighted by atomic mass is 16.1. The molecule has 1 aromatic heterocycles. The molecule has 4 heteroatoms. The average Bonchev–Trinajstić information content (AvgIpc) is 2.77. The molecule has 4 rings (SSSR count). The van der Waals surface area contributed by atoms with Gasteiger partial charge in [0.15, 0.2) is 0 Å². The Kier molecular flexibility index (Phi) is 3.88. The summed E-state index contributed by atoms with van der Waals surface area (Å²) in [6.07, 6.45) is 5.06. The van der Waals surface area contributed by atoms with E-state index >= 15 is 0 Å². The molecule has 25 heavy (non-hydrogen) atoms. The van der Waals surface area contributed by atoms with Gasteiger partial charge in [-0.25, -0.2) is 0 Å². The maximum absolute atomic E-state index is 12.2. The van der Waals surface area contributed by atoms with Gasteiger partial charge >= 0.3 is 0 Å². The predicted octanol–water partition coefficient (Wildman–Crippen LogP) is 4.61. The van der Waals surface area contributed by atoms with Gasteiger partial charge in [-0.3, -0.25) is 9.78 Å². The number of anilines is 2. The summed E-state index contributed by atoms with van der Waals surface area (Å²) in [6.45, 7) is 4.15. The van der Waals surface area contributed by atoms with Crippen LogP contribution in [0.25, 0.3) is 21.9 Å². The van der Waals surface area contributed by atoms with Gasteiger partial charge in [0, 0.05) is 35.8 Å². The van der Waals surface area contributed by atoms with Crippen molar-refractivity contribution < 1.29 is 4.79 Å². The van der Waals surface area contributed by atoms with Gasteiger partial charge in [0.05, 0.1) is 11.4 Å². The molecular weight excluding hydrogens is 310 g/mol. The third-order valence-electron chi connectivity index (χ3n) is 4.79. The van der Waals surface area contributed by atoms with Gasteiger partial charge in [-0.05, 0) is 35.9 Å². The number of nitrogens with zero attached hydrogens (tertiary/aromatic N) is 1. The molecule has 3 aromatic rings. The lowest BCUT2D eigenvalue weighted by Crippen LogP contribution is -2.19. The van der Waals surface area contributed by atoms with Crippen molar-refractivity contribution >= 4 is 28.1 Å². The molecule has 2 aromatic carbocycles. The van der Waals surface area contributed by atoms with Crippen molar-refractivity contribution in [3.05, 3.63) is 54.4 Å². The number of carbonyl (C=O) groups is 1. The third kappa shape index (κ3) is 2.74. The van der Waals surface area contributed by atoms with Crippen LogP contribution in [-0.4, -0.2) is 16.9 Å². The summed E-state index contributed by atoms with van der Waals surface area (Å²) in [5.74, 6) is 0.0604. The minimum absolute atomic E-state index is 0.0604. The van der Waals surface area contributed by atoms with E-state index in [1.807, 2.05) is 25.4 Å². The molecule has 4 nitrogen and oxygen atoms in total. The largest absolute Gasteiger partial charge is 0.380 e. The van der Waals surface area contributed by atoms with E-state index in [0.717, 1.165) is 45.3 Å². The Morgan fingerprint density at radius 2 is 2.00 bits per heavy atom. The number of benzene rings is 2. The number of nitrogens with one attached hydrogen (secondary N) is 2. The number of hydrogen-bond donors (Lipinski definition) is 2. The average molecular weight is 331 g/mol. The zero-order chi connectivity index (χ0) is 17.4. The van der Waals surface area contributed by atoms with Crippen molar-refractivity contribution in [2.45, 2.75) is 32.7 Å². The SMILES string of the molecule is CCc1ccc(-c2cccc3ccncc23)c2c1NC(=O)C[C@@H](C)N2. The van der Waals surface area contributed by atoms with E-state index in [0.29, 0.717) is 6.42 Å². The number of carbonyl (C=O) groups excluding carboxylic acids is 1. The normalized spacial score (nSPS) is 16.7. The van der Waals surface area contributed by atoms with Gasteiger partial charge in [0.25, 0.3) is 0 Å². The summed E-state index contributed by atoms with van der Waals surface area (Å²) < 4.78 is 0. The fraction of sp³-hybridized carbons (Fsp3) is 0.238. The summed E-state index contributed by atoms with van der Waals surface area (Å²) in [5, 5.41) is 8.94. The van der Waals surface area contributed by atoms with Crippen LogP contribution in [0.4, 0.5) is 11.4 Å². The Balaban J connectivity index is 2.00. The van der Waals surface area contributed by atoms with E-state index in [9.17, 15) is 4.79 Å². The summed E-state index contributed by atoms with van der Waals surface area (Å²) in [5.41, 5.74) is 5.29. The van der Waals surface area contributed by atoms with Crippen molar-refractivity contribution in [3.63, 3.8) is 0 Å². The molecule has 1 atom stereocenters. The van der Waals surface area contributed by atoms with Crippen LogP contribution in [0.1, 0.15) is 25.8 Å². The molecular formula is C21H21N3O. The van der Waals surface area contributed by atoms with Crippen molar-refractivity contribution in [3.8, 4) is 11.1 Å². The number of fused-ring (bicyclic) bond motifs is 2. The van der Waals surface area contributed by atoms with Gasteiger partial charge in [-0.15, -0.1) is 0 Å². The molecule has 126 valence electrons. The van der Waals surface area contributed by atoms with Crippen LogP contribution in [0.5, 0.6) is 0 Å². The van der Waals surface area contributed by atoms with Crippen LogP contribution in [0.3, 0.4) is 0 Å². The first-order valence-electron chi connectivity index (χ1n) is 8.72. The van der Waals surface area contributed by atoms with Crippen molar-refractivity contribution in [2.75, 3.05) is 10.6 Å². The van der Waals surface area contributed by atoms with Gasteiger partial charge in [-0.1, -0.05) is 37.3 Å². The van der Waals surface area contributed by atoms with Crippen LogP contribution >= 0.6 is 0 Å². The molecule has 1 aliphatic heterocycles. The minimum atomic E-state index is 0.0604. The molecule has 0 fully saturated rings. The van der Waals surface area contributed by atoms with Crippen LogP contribution in [0.15, 0.2) is 48.8 Å². The molecule has 0 saturated carbocycles. The van der Waals surface area contributed by atoms with E-state index in [2.05, 4.69) is 52.9 Å². The first-order valence-corrected chi connectivity index (χ1v) is 8.72. The number of aryl methyl sites for hydroxylation is 1. The van der Waals surface area contributed by atoms with Crippen molar-refractivity contribution in [1.82, 2.24) is 4.98 Å². The van der Waals surface area contributed by atoms with E-state index in [1.54, 1.807) is 0 Å². The molecule has 1 amide bonds. The first kappa shape index (κ1) is 15.6. The highest BCUT2D eigenvalue weighted by Crippen LogP contribution is 2.41. The molecule has 0 saturated heterocycles. The summed E-state index contributed by atoms with van der Waals surface area (Å²) in [4.78, 5) is 16.5. The minimum Gasteiger partial charge on any atom is -0.380 e. The molecule has 0 aliphatic carbocycles. The van der Waals surface area contributed by atoms with Crippen LogP contribution in [0.2, 0.25) is 0 Å². The number of hydrogen-bond acceptors (Lipinski definition) is 3. The second-order valence-electron chi connectivity index (χ2n) is 6.58. The molecule has 0 radical (unpaired) electrons. The Morgan fingerprint density at radius 3 is 2.84 bits per heavy atom. The van der Waals surface area contributed by atoms with E-state index in [-0.39, 0.29) is 11.9 Å². The van der Waals surface area contributed by atoms with Gasteiger partial charge in [0.2, 0.25) is 5.91 Å². The zero-order valence-corrected chi connectivity index (χ0v) is 14.5. The van der Waals surface area contributed by atoms with Gasteiger partial charge < -0.3 is 10.6 Å². The number of amides is 1. The summed E-state index contributed by atoms with van der Waals surface area (Å²) in [7, 11) is 0. The quantitative estimate of drug-likeness (QED) is 0.721. The fourth-order valence-electron chi connectivity index (χ4n) is 3.57. The molecule has 2 N–H and O–H groups in total. The molecule has 0 spiro atoms. The number of rotatable bonds is 2. The second-order valence-corrected chi connectivity index (χ2v) is 6.58. The van der Waals surface area contributed by atoms with E-state index in [4.69, 9.17) is 0 Å². The Labute approximate surface area is 147 Å². The Hall–Kier alpha value is -2.88. The number of pyridine rings is 1. The number of aromatic nitrogens is 1. The standard InChI is InChI=1S/C21H21N3O/c1-3-14-7-8-17(21-20(14)24-19(25)11-13(2)23-21)16-6-4-5-15-9-10-22-12-18(15)16/h4-10,12-13,23H,3,11H2,1-2H3,(H,24,25)/t13-/m1/s1. The molecule has 1 aliphatic rings. The maximum atomic E-state index is 12.2. The van der Waals surface area contributed by atoms with Crippen LogP contribution in [0, 0.1) is 0 Å². The Bertz CT molecular complexity index is 959. The zero-order valence-electron chi connectivity index (χ0n) is 14.5. The van der Waals surface area contributed by atoms with Gasteiger partial charge in [0.1, 0.15) is 0 Å². The lowest BCUT2D eigenvalue weighted by Gasteiger charge is -2.20. The first-order chi connectivity index (χ1) is 12.2. The highest BCUT2D eigenvalue weighted by Gasteiger charge is 2.23. The van der Waals surface area contributed by atoms with E-state index < -0.39 is 0 Å². The van der Waals surface area contributed by atoms with Crippen LogP contribution < -0.4 is 10.6 Å². The van der Waals surface area contributed by atoms with Gasteiger partial charge in [-0.2, -0.15) is 0 Å².